The number of nitrogens with zero attached hydrogens (tertiary/aromatic N) is 5. The molecule has 0 saturated carbocycles. The van der Waals surface area contributed by atoms with Gasteiger partial charge in [-0.1, -0.05) is 6.07 Å². The molecule has 4 rings (SSSR count). The van der Waals surface area contributed by atoms with Crippen LogP contribution in [0.15, 0.2) is 41.8 Å². The molecule has 0 aliphatic carbocycles. The van der Waals surface area contributed by atoms with E-state index in [4.69, 9.17) is 0 Å². The monoisotopic (exact) mass is 407 g/mol. The van der Waals surface area contributed by atoms with Gasteiger partial charge in [0.2, 0.25) is 5.82 Å². The molecule has 0 N–H and O–H groups in total. The maximum Gasteiger partial charge on any atom is 0.416 e. The summed E-state index contributed by atoms with van der Waals surface area (Å²) in [4.78, 5) is 16.8. The molecule has 6 nitrogen and oxygen atoms in total. The lowest BCUT2D eigenvalue weighted by Gasteiger charge is -2.24. The number of rotatable bonds is 4. The molecule has 28 heavy (non-hydrogen) atoms. The molecule has 1 aromatic carbocycles. The second-order valence-electron chi connectivity index (χ2n) is 6.51. The summed E-state index contributed by atoms with van der Waals surface area (Å²) in [5.74, 6) is 0.253. The summed E-state index contributed by atoms with van der Waals surface area (Å²) < 4.78 is 38.1. The number of alkyl halides is 3. The minimum Gasteiger partial charge on any atom is -0.334 e. The molecular formula is C18H16F3N5OS. The lowest BCUT2D eigenvalue weighted by Crippen LogP contribution is -2.38. The molecular weight excluding hydrogens is 391 g/mol. The third-order valence-electron chi connectivity index (χ3n) is 4.67. The largest absolute Gasteiger partial charge is 0.416 e. The van der Waals surface area contributed by atoms with Crippen LogP contribution >= 0.6 is 11.3 Å². The summed E-state index contributed by atoms with van der Waals surface area (Å²) in [6, 6.07) is 8.01. The van der Waals surface area contributed by atoms with Gasteiger partial charge in [0.1, 0.15) is 0 Å². The van der Waals surface area contributed by atoms with E-state index in [0.29, 0.717) is 18.9 Å². The highest BCUT2D eigenvalue weighted by atomic mass is 32.1. The molecule has 2 aromatic heterocycles. The van der Waals surface area contributed by atoms with Gasteiger partial charge in [-0.05, 0) is 53.8 Å². The standard InChI is InChI=1S/C18H16F3N5OS/c19-18(20,21)13-7-5-12(6-8-13)17(27)25-9-1-3-14(25)11-26-23-16(22-24-26)15-4-2-10-28-15/h2,4-8,10,14H,1,3,9,11H2/t14-/m0/s1. The fourth-order valence-electron chi connectivity index (χ4n) is 3.27. The van der Waals surface area contributed by atoms with Crippen molar-refractivity contribution < 1.29 is 18.0 Å². The number of aromatic nitrogens is 4. The predicted molar refractivity (Wildman–Crippen MR) is 96.6 cm³/mol. The van der Waals surface area contributed by atoms with E-state index in [2.05, 4.69) is 15.4 Å². The van der Waals surface area contributed by atoms with Crippen LogP contribution in [-0.2, 0) is 12.7 Å². The third kappa shape index (κ3) is 3.77. The van der Waals surface area contributed by atoms with Crippen LogP contribution in [0, 0.1) is 0 Å². The zero-order valence-electron chi connectivity index (χ0n) is 14.6. The van der Waals surface area contributed by atoms with Crippen LogP contribution in [0.5, 0.6) is 0 Å². The van der Waals surface area contributed by atoms with Crippen molar-refractivity contribution in [3.8, 4) is 10.7 Å². The molecule has 0 bridgehead atoms. The van der Waals surface area contributed by atoms with E-state index >= 15 is 0 Å². The van der Waals surface area contributed by atoms with Gasteiger partial charge in [0.05, 0.1) is 23.0 Å². The highest BCUT2D eigenvalue weighted by Crippen LogP contribution is 2.30. The van der Waals surface area contributed by atoms with Crippen molar-refractivity contribution in [2.75, 3.05) is 6.54 Å². The number of carbonyl (C=O) groups is 1. The molecule has 10 heteroatoms. The first-order valence-corrected chi connectivity index (χ1v) is 9.60. The smallest absolute Gasteiger partial charge is 0.334 e. The average molecular weight is 407 g/mol. The third-order valence-corrected chi connectivity index (χ3v) is 5.53. The van der Waals surface area contributed by atoms with Crippen molar-refractivity contribution in [1.29, 1.82) is 0 Å². The van der Waals surface area contributed by atoms with Gasteiger partial charge < -0.3 is 4.90 Å². The fraction of sp³-hybridized carbons (Fsp3) is 0.333. The molecule has 1 aliphatic heterocycles. The Labute approximate surface area is 162 Å². The van der Waals surface area contributed by atoms with Gasteiger partial charge in [-0.25, -0.2) is 0 Å². The maximum absolute atomic E-state index is 12.8. The van der Waals surface area contributed by atoms with Gasteiger partial charge in [0, 0.05) is 12.1 Å². The van der Waals surface area contributed by atoms with Crippen LogP contribution in [0.25, 0.3) is 10.7 Å². The van der Waals surface area contributed by atoms with Crippen molar-refractivity contribution in [1.82, 2.24) is 25.1 Å². The molecule has 1 atom stereocenters. The number of carbonyl (C=O) groups excluding carboxylic acids is 1. The highest BCUT2D eigenvalue weighted by molar-refractivity contribution is 7.13. The Kier molecular flexibility index (Phi) is 4.88. The van der Waals surface area contributed by atoms with E-state index in [9.17, 15) is 18.0 Å². The summed E-state index contributed by atoms with van der Waals surface area (Å²) in [5, 5.41) is 14.4. The number of hydrogen-bond donors (Lipinski definition) is 0. The average Bonchev–Trinajstić information content (AvgIpc) is 3.42. The van der Waals surface area contributed by atoms with Gasteiger partial charge in [0.25, 0.3) is 5.91 Å². The molecule has 3 heterocycles. The summed E-state index contributed by atoms with van der Waals surface area (Å²) in [7, 11) is 0. The zero-order valence-corrected chi connectivity index (χ0v) is 15.5. The first kappa shape index (κ1) is 18.6. The normalized spacial score (nSPS) is 17.2. The Morgan fingerprint density at radius 2 is 2.00 bits per heavy atom. The zero-order chi connectivity index (χ0) is 19.7. The molecule has 1 fully saturated rings. The minimum atomic E-state index is -4.42. The van der Waals surface area contributed by atoms with Crippen molar-refractivity contribution >= 4 is 17.2 Å². The van der Waals surface area contributed by atoms with Gasteiger partial charge in [-0.2, -0.15) is 18.0 Å². The SMILES string of the molecule is O=C(c1ccc(C(F)(F)F)cc1)N1CCC[C@H]1Cn1nnc(-c2cccs2)n1. The highest BCUT2D eigenvalue weighted by Gasteiger charge is 2.32. The second kappa shape index (κ2) is 7.34. The number of tetrazole rings is 1. The molecule has 0 spiro atoms. The summed E-state index contributed by atoms with van der Waals surface area (Å²) in [6.07, 6.45) is -2.82. The first-order chi connectivity index (χ1) is 13.4. The van der Waals surface area contributed by atoms with Crippen molar-refractivity contribution in [2.24, 2.45) is 0 Å². The lowest BCUT2D eigenvalue weighted by molar-refractivity contribution is -0.137. The summed E-state index contributed by atoms with van der Waals surface area (Å²) in [6.45, 7) is 0.946. The molecule has 1 saturated heterocycles. The predicted octanol–water partition coefficient (Wildman–Crippen LogP) is 3.73. The van der Waals surface area contributed by atoms with E-state index in [1.54, 1.807) is 4.90 Å². The molecule has 1 aliphatic rings. The molecule has 146 valence electrons. The fourth-order valence-corrected chi connectivity index (χ4v) is 3.92. The van der Waals surface area contributed by atoms with Crippen LogP contribution in [0.3, 0.4) is 0 Å². The topological polar surface area (TPSA) is 63.9 Å². The number of benzene rings is 1. The number of halogens is 3. The molecule has 1 amide bonds. The van der Waals surface area contributed by atoms with E-state index in [1.807, 2.05) is 17.5 Å². The number of thiophene rings is 1. The van der Waals surface area contributed by atoms with E-state index in [1.165, 1.54) is 28.3 Å². The van der Waals surface area contributed by atoms with Crippen LogP contribution in [0.4, 0.5) is 13.2 Å². The van der Waals surface area contributed by atoms with E-state index in [-0.39, 0.29) is 17.5 Å². The van der Waals surface area contributed by atoms with Crippen molar-refractivity contribution in [2.45, 2.75) is 31.6 Å². The Balaban J connectivity index is 1.46. The maximum atomic E-state index is 12.8. The number of likely N-dealkylation sites (tertiary alicyclic amines) is 1. The minimum absolute atomic E-state index is 0.125. The van der Waals surface area contributed by atoms with E-state index in [0.717, 1.165) is 29.9 Å². The Morgan fingerprint density at radius 1 is 1.21 bits per heavy atom. The number of hydrogen-bond acceptors (Lipinski definition) is 5. The van der Waals surface area contributed by atoms with Gasteiger partial charge in [-0.3, -0.25) is 4.79 Å². The molecule has 0 radical (unpaired) electrons. The van der Waals surface area contributed by atoms with Crippen LogP contribution < -0.4 is 0 Å². The summed E-state index contributed by atoms with van der Waals surface area (Å²) >= 11 is 1.51. The van der Waals surface area contributed by atoms with Gasteiger partial charge >= 0.3 is 6.18 Å². The Bertz CT molecular complexity index is 953. The lowest BCUT2D eigenvalue weighted by atomic mass is 10.1. The molecule has 3 aromatic rings. The van der Waals surface area contributed by atoms with Crippen molar-refractivity contribution in [3.05, 3.63) is 52.9 Å². The Morgan fingerprint density at radius 3 is 2.68 bits per heavy atom. The second-order valence-corrected chi connectivity index (χ2v) is 7.46. The quantitative estimate of drug-likeness (QED) is 0.661. The van der Waals surface area contributed by atoms with Gasteiger partial charge in [0.15, 0.2) is 0 Å². The Hall–Kier alpha value is -2.75. The van der Waals surface area contributed by atoms with Crippen molar-refractivity contribution in [3.63, 3.8) is 0 Å². The van der Waals surface area contributed by atoms with E-state index < -0.39 is 11.7 Å². The summed E-state index contributed by atoms with van der Waals surface area (Å²) in [5.41, 5.74) is -0.527. The first-order valence-electron chi connectivity index (χ1n) is 8.72. The molecule has 0 unspecified atom stereocenters. The van der Waals surface area contributed by atoms with Gasteiger partial charge in [-0.15, -0.1) is 21.5 Å². The van der Waals surface area contributed by atoms with Crippen LogP contribution in [0.2, 0.25) is 0 Å². The van der Waals surface area contributed by atoms with Crippen LogP contribution in [0.1, 0.15) is 28.8 Å². The number of amides is 1. The van der Waals surface area contributed by atoms with Crippen LogP contribution in [-0.4, -0.2) is 43.6 Å².